The molecule has 6 heteroatoms. The highest BCUT2D eigenvalue weighted by molar-refractivity contribution is 14.0. The molecule has 24 heavy (non-hydrogen) atoms. The summed E-state index contributed by atoms with van der Waals surface area (Å²) in [5.41, 5.74) is 0.0826. The normalized spacial score (nSPS) is 18.6. The third kappa shape index (κ3) is 6.19. The zero-order valence-electron chi connectivity index (χ0n) is 15.4. The highest BCUT2D eigenvalue weighted by Crippen LogP contribution is 2.28. The maximum absolute atomic E-state index is 5.58. The lowest BCUT2D eigenvalue weighted by atomic mass is 9.92. The van der Waals surface area contributed by atoms with Crippen LogP contribution in [0.2, 0.25) is 0 Å². The number of hydrogen-bond donors (Lipinski definition) is 1. The van der Waals surface area contributed by atoms with Gasteiger partial charge in [-0.2, -0.15) is 0 Å². The predicted molar refractivity (Wildman–Crippen MR) is 115 cm³/mol. The highest BCUT2D eigenvalue weighted by Gasteiger charge is 2.26. The first kappa shape index (κ1) is 21.7. The van der Waals surface area contributed by atoms with Crippen molar-refractivity contribution in [1.29, 1.82) is 0 Å². The van der Waals surface area contributed by atoms with Gasteiger partial charge in [0.2, 0.25) is 0 Å². The van der Waals surface area contributed by atoms with Crippen LogP contribution in [0.3, 0.4) is 0 Å². The predicted octanol–water partition coefficient (Wildman–Crippen LogP) is 3.97. The standard InChI is InChI=1S/C18H31N3OS.HI/c1-5-19-17(21-10-9-15(12-21)13-22-6-2)20-14-18(3,4)16-8-7-11-23-16;/h7-8,11,15H,5-6,9-10,12-14H2,1-4H3,(H,19,20);1H. The van der Waals surface area contributed by atoms with Crippen molar-refractivity contribution in [1.82, 2.24) is 10.2 Å². The molecule has 1 aromatic rings. The lowest BCUT2D eigenvalue weighted by molar-refractivity contribution is 0.114. The van der Waals surface area contributed by atoms with E-state index in [-0.39, 0.29) is 29.4 Å². The molecular weight excluding hydrogens is 433 g/mol. The molecule has 1 atom stereocenters. The summed E-state index contributed by atoms with van der Waals surface area (Å²) in [5, 5.41) is 5.60. The minimum Gasteiger partial charge on any atom is -0.381 e. The minimum absolute atomic E-state index is 0. The third-order valence-electron chi connectivity index (χ3n) is 4.29. The van der Waals surface area contributed by atoms with E-state index in [2.05, 4.69) is 55.4 Å². The Bertz CT molecular complexity index is 490. The average Bonchev–Trinajstić information content (AvgIpc) is 3.20. The van der Waals surface area contributed by atoms with Gasteiger partial charge in [0.25, 0.3) is 0 Å². The molecule has 0 aromatic carbocycles. The molecule has 1 aliphatic rings. The zero-order valence-corrected chi connectivity index (χ0v) is 18.5. The van der Waals surface area contributed by atoms with Crippen LogP contribution in [-0.2, 0) is 10.2 Å². The molecule has 1 N–H and O–H groups in total. The Hall–Kier alpha value is -0.340. The van der Waals surface area contributed by atoms with Gasteiger partial charge in [-0.3, -0.25) is 4.99 Å². The molecule has 4 nitrogen and oxygen atoms in total. The second kappa shape index (κ2) is 10.6. The summed E-state index contributed by atoms with van der Waals surface area (Å²) in [7, 11) is 0. The molecule has 1 aromatic heterocycles. The molecule has 0 spiro atoms. The largest absolute Gasteiger partial charge is 0.381 e. The maximum atomic E-state index is 5.58. The number of rotatable bonds is 7. The summed E-state index contributed by atoms with van der Waals surface area (Å²) in [5.74, 6) is 1.68. The summed E-state index contributed by atoms with van der Waals surface area (Å²) in [6.07, 6.45) is 1.19. The first-order valence-electron chi connectivity index (χ1n) is 8.71. The van der Waals surface area contributed by atoms with Crippen LogP contribution in [0.15, 0.2) is 22.5 Å². The molecular formula is C18H32IN3OS. The van der Waals surface area contributed by atoms with E-state index in [1.165, 1.54) is 11.3 Å². The average molecular weight is 465 g/mol. The van der Waals surface area contributed by atoms with E-state index >= 15 is 0 Å². The fourth-order valence-electron chi connectivity index (χ4n) is 2.89. The van der Waals surface area contributed by atoms with Gasteiger partial charge >= 0.3 is 0 Å². The zero-order chi connectivity index (χ0) is 16.7. The summed E-state index contributed by atoms with van der Waals surface area (Å²) >= 11 is 1.82. The number of likely N-dealkylation sites (tertiary alicyclic amines) is 1. The Morgan fingerprint density at radius 3 is 2.88 bits per heavy atom. The van der Waals surface area contributed by atoms with Crippen LogP contribution in [0, 0.1) is 5.92 Å². The third-order valence-corrected chi connectivity index (χ3v) is 5.53. The molecule has 0 saturated carbocycles. The Kier molecular flexibility index (Phi) is 9.59. The van der Waals surface area contributed by atoms with Gasteiger partial charge in [-0.05, 0) is 31.7 Å². The van der Waals surface area contributed by atoms with Crippen molar-refractivity contribution in [3.63, 3.8) is 0 Å². The molecule has 0 amide bonds. The molecule has 2 heterocycles. The second-order valence-corrected chi connectivity index (χ2v) is 7.74. The number of thiophene rings is 1. The number of ether oxygens (including phenoxy) is 1. The first-order chi connectivity index (χ1) is 11.1. The molecule has 1 unspecified atom stereocenters. The van der Waals surface area contributed by atoms with Crippen LogP contribution in [0.25, 0.3) is 0 Å². The molecule has 0 bridgehead atoms. The van der Waals surface area contributed by atoms with Gasteiger partial charge in [0.1, 0.15) is 0 Å². The van der Waals surface area contributed by atoms with E-state index < -0.39 is 0 Å². The van der Waals surface area contributed by atoms with Crippen molar-refractivity contribution in [3.05, 3.63) is 22.4 Å². The number of aliphatic imine (C=N–C) groups is 1. The SMILES string of the molecule is CCNC(=NCC(C)(C)c1cccs1)N1CCC(COCC)C1.I. The summed E-state index contributed by atoms with van der Waals surface area (Å²) < 4.78 is 5.58. The molecule has 138 valence electrons. The van der Waals surface area contributed by atoms with E-state index in [0.717, 1.165) is 45.4 Å². The molecule has 1 saturated heterocycles. The summed E-state index contributed by atoms with van der Waals surface area (Å²) in [6, 6.07) is 4.33. The van der Waals surface area contributed by atoms with E-state index in [1.807, 2.05) is 11.3 Å². The van der Waals surface area contributed by atoms with E-state index in [1.54, 1.807) is 0 Å². The van der Waals surface area contributed by atoms with Gasteiger partial charge in [0.05, 0.1) is 13.2 Å². The Morgan fingerprint density at radius 2 is 2.25 bits per heavy atom. The minimum atomic E-state index is 0. The number of halogens is 1. The van der Waals surface area contributed by atoms with Gasteiger partial charge in [-0.25, -0.2) is 0 Å². The van der Waals surface area contributed by atoms with Gasteiger partial charge in [-0.15, -0.1) is 35.3 Å². The molecule has 1 aliphatic heterocycles. The second-order valence-electron chi connectivity index (χ2n) is 6.79. The van der Waals surface area contributed by atoms with Crippen LogP contribution in [0.5, 0.6) is 0 Å². The first-order valence-corrected chi connectivity index (χ1v) is 9.59. The van der Waals surface area contributed by atoms with Crippen molar-refractivity contribution >= 4 is 41.3 Å². The topological polar surface area (TPSA) is 36.9 Å². The molecule has 0 radical (unpaired) electrons. The molecule has 1 fully saturated rings. The summed E-state index contributed by atoms with van der Waals surface area (Å²) in [4.78, 5) is 8.72. The van der Waals surface area contributed by atoms with Crippen molar-refractivity contribution in [2.24, 2.45) is 10.9 Å². The summed E-state index contributed by atoms with van der Waals surface area (Å²) in [6.45, 7) is 14.2. The number of nitrogens with one attached hydrogen (secondary N) is 1. The number of guanidine groups is 1. The van der Waals surface area contributed by atoms with E-state index in [9.17, 15) is 0 Å². The lowest BCUT2D eigenvalue weighted by Gasteiger charge is -2.25. The highest BCUT2D eigenvalue weighted by atomic mass is 127. The smallest absolute Gasteiger partial charge is 0.193 e. The fraction of sp³-hybridized carbons (Fsp3) is 0.722. The monoisotopic (exact) mass is 465 g/mol. The lowest BCUT2D eigenvalue weighted by Crippen LogP contribution is -2.41. The van der Waals surface area contributed by atoms with Crippen molar-refractivity contribution < 1.29 is 4.74 Å². The Morgan fingerprint density at radius 1 is 1.46 bits per heavy atom. The Balaban J connectivity index is 0.00000288. The van der Waals surface area contributed by atoms with Crippen LogP contribution in [-0.4, -0.2) is 50.3 Å². The van der Waals surface area contributed by atoms with Crippen LogP contribution in [0.1, 0.15) is 39.0 Å². The van der Waals surface area contributed by atoms with Crippen molar-refractivity contribution in [2.45, 2.75) is 39.5 Å². The van der Waals surface area contributed by atoms with Crippen LogP contribution < -0.4 is 5.32 Å². The molecule has 0 aliphatic carbocycles. The van der Waals surface area contributed by atoms with Gasteiger partial charge in [0.15, 0.2) is 5.96 Å². The van der Waals surface area contributed by atoms with Crippen molar-refractivity contribution in [2.75, 3.05) is 39.4 Å². The van der Waals surface area contributed by atoms with E-state index in [0.29, 0.717) is 5.92 Å². The fourth-order valence-corrected chi connectivity index (χ4v) is 3.73. The number of nitrogens with zero attached hydrogens (tertiary/aromatic N) is 2. The van der Waals surface area contributed by atoms with E-state index in [4.69, 9.17) is 9.73 Å². The quantitative estimate of drug-likeness (QED) is 0.376. The number of hydrogen-bond acceptors (Lipinski definition) is 3. The van der Waals surface area contributed by atoms with Crippen molar-refractivity contribution in [3.8, 4) is 0 Å². The molecule has 2 rings (SSSR count). The van der Waals surface area contributed by atoms with Gasteiger partial charge in [0, 0.05) is 42.5 Å². The maximum Gasteiger partial charge on any atom is 0.193 e. The van der Waals surface area contributed by atoms with Crippen LogP contribution in [0.4, 0.5) is 0 Å². The van der Waals surface area contributed by atoms with Gasteiger partial charge < -0.3 is 15.0 Å². The Labute approximate surface area is 168 Å². The van der Waals surface area contributed by atoms with Crippen LogP contribution >= 0.6 is 35.3 Å². The van der Waals surface area contributed by atoms with Gasteiger partial charge in [-0.1, -0.05) is 19.9 Å².